The van der Waals surface area contributed by atoms with Crippen LogP contribution >= 0.6 is 0 Å². The standard InChI is InChI=1S/C25H27N3O3/c1-17-14-22(17)24(29)26-20-11-6-10-19(15-20)25(30)28(2)13-7-12-21-16-23(27-31-21)18-8-4-3-5-9-18/h3-6,8-11,15-17,22H,7,12-14H2,1-2H3,(H,26,29). The fourth-order valence-electron chi connectivity index (χ4n) is 3.64. The van der Waals surface area contributed by atoms with Crippen molar-refractivity contribution in [3.05, 3.63) is 72.0 Å². The molecule has 4 rings (SSSR count). The van der Waals surface area contributed by atoms with Crippen molar-refractivity contribution in [2.75, 3.05) is 18.9 Å². The maximum absolute atomic E-state index is 12.8. The Balaban J connectivity index is 1.28. The van der Waals surface area contributed by atoms with Crippen molar-refractivity contribution < 1.29 is 14.1 Å². The molecule has 3 aromatic rings. The van der Waals surface area contributed by atoms with Gasteiger partial charge in [0, 0.05) is 48.8 Å². The summed E-state index contributed by atoms with van der Waals surface area (Å²) < 4.78 is 5.44. The zero-order chi connectivity index (χ0) is 21.8. The van der Waals surface area contributed by atoms with E-state index in [0.717, 1.165) is 29.9 Å². The second-order valence-corrected chi connectivity index (χ2v) is 8.26. The van der Waals surface area contributed by atoms with E-state index >= 15 is 0 Å². The van der Waals surface area contributed by atoms with Crippen LogP contribution in [0.2, 0.25) is 0 Å². The van der Waals surface area contributed by atoms with Gasteiger partial charge in [0.2, 0.25) is 5.91 Å². The first-order valence-electron chi connectivity index (χ1n) is 10.7. The number of anilines is 1. The zero-order valence-corrected chi connectivity index (χ0v) is 17.9. The first kappa shape index (κ1) is 20.8. The van der Waals surface area contributed by atoms with E-state index < -0.39 is 0 Å². The summed E-state index contributed by atoms with van der Waals surface area (Å²) >= 11 is 0. The number of aryl methyl sites for hydroxylation is 1. The number of aromatic nitrogens is 1. The van der Waals surface area contributed by atoms with E-state index in [1.165, 1.54) is 0 Å². The van der Waals surface area contributed by atoms with Crippen LogP contribution in [0.5, 0.6) is 0 Å². The number of hydrogen-bond donors (Lipinski definition) is 1. The highest BCUT2D eigenvalue weighted by Gasteiger charge is 2.39. The van der Waals surface area contributed by atoms with Gasteiger partial charge in [0.1, 0.15) is 11.5 Å². The van der Waals surface area contributed by atoms with E-state index in [1.807, 2.05) is 42.5 Å². The lowest BCUT2D eigenvalue weighted by Gasteiger charge is -2.17. The summed E-state index contributed by atoms with van der Waals surface area (Å²) in [6.07, 6.45) is 2.40. The molecule has 2 atom stereocenters. The molecule has 1 N–H and O–H groups in total. The van der Waals surface area contributed by atoms with Crippen molar-refractivity contribution in [2.24, 2.45) is 11.8 Å². The SMILES string of the molecule is CC1CC1C(=O)Nc1cccc(C(=O)N(C)CCCc2cc(-c3ccccc3)no2)c1. The van der Waals surface area contributed by atoms with Crippen LogP contribution in [-0.2, 0) is 11.2 Å². The number of amides is 2. The van der Waals surface area contributed by atoms with E-state index in [4.69, 9.17) is 4.52 Å². The number of carbonyl (C=O) groups excluding carboxylic acids is 2. The van der Waals surface area contributed by atoms with Crippen LogP contribution in [0.4, 0.5) is 5.69 Å². The van der Waals surface area contributed by atoms with Crippen LogP contribution in [0.3, 0.4) is 0 Å². The molecular formula is C25H27N3O3. The van der Waals surface area contributed by atoms with Gasteiger partial charge in [-0.05, 0) is 37.0 Å². The van der Waals surface area contributed by atoms with Crippen LogP contribution in [-0.4, -0.2) is 35.5 Å². The van der Waals surface area contributed by atoms with Crippen molar-refractivity contribution in [1.29, 1.82) is 0 Å². The summed E-state index contributed by atoms with van der Waals surface area (Å²) in [5, 5.41) is 7.05. The minimum Gasteiger partial charge on any atom is -0.361 e. The fraction of sp³-hybridized carbons (Fsp3) is 0.320. The average molecular weight is 418 g/mol. The van der Waals surface area contributed by atoms with Gasteiger partial charge in [0.15, 0.2) is 0 Å². The Morgan fingerprint density at radius 3 is 2.65 bits per heavy atom. The second-order valence-electron chi connectivity index (χ2n) is 8.26. The van der Waals surface area contributed by atoms with Crippen LogP contribution in [0, 0.1) is 11.8 Å². The lowest BCUT2D eigenvalue weighted by molar-refractivity contribution is -0.117. The number of hydrogen-bond acceptors (Lipinski definition) is 4. The predicted octanol–water partition coefficient (Wildman–Crippen LogP) is 4.64. The average Bonchev–Trinajstić information content (AvgIpc) is 3.34. The number of rotatable bonds is 8. The monoisotopic (exact) mass is 417 g/mol. The second kappa shape index (κ2) is 9.16. The molecule has 1 aliphatic rings. The molecule has 0 aliphatic heterocycles. The molecule has 1 aliphatic carbocycles. The molecule has 0 bridgehead atoms. The maximum Gasteiger partial charge on any atom is 0.253 e. The Bertz CT molecular complexity index is 1060. The largest absolute Gasteiger partial charge is 0.361 e. The van der Waals surface area contributed by atoms with Gasteiger partial charge in [-0.25, -0.2) is 0 Å². The molecule has 6 heteroatoms. The summed E-state index contributed by atoms with van der Waals surface area (Å²) in [4.78, 5) is 26.6. The lowest BCUT2D eigenvalue weighted by Crippen LogP contribution is -2.28. The minimum atomic E-state index is -0.0709. The van der Waals surface area contributed by atoms with E-state index in [1.54, 1.807) is 30.1 Å². The number of nitrogens with one attached hydrogen (secondary N) is 1. The molecule has 2 unspecified atom stereocenters. The Hall–Kier alpha value is -3.41. The number of benzene rings is 2. The normalized spacial score (nSPS) is 17.2. The molecule has 160 valence electrons. The van der Waals surface area contributed by atoms with Gasteiger partial charge in [-0.1, -0.05) is 48.5 Å². The van der Waals surface area contributed by atoms with Crippen LogP contribution in [0.15, 0.2) is 65.2 Å². The maximum atomic E-state index is 12.8. The number of nitrogens with zero attached hydrogens (tertiary/aromatic N) is 2. The van der Waals surface area contributed by atoms with Crippen molar-refractivity contribution in [3.63, 3.8) is 0 Å². The van der Waals surface area contributed by atoms with Gasteiger partial charge in [-0.3, -0.25) is 9.59 Å². The highest BCUT2D eigenvalue weighted by molar-refractivity contribution is 5.98. The summed E-state index contributed by atoms with van der Waals surface area (Å²) in [6, 6.07) is 19.0. The van der Waals surface area contributed by atoms with Gasteiger partial charge in [-0.2, -0.15) is 0 Å². The van der Waals surface area contributed by atoms with Crippen LogP contribution in [0.25, 0.3) is 11.3 Å². The third-order valence-electron chi connectivity index (χ3n) is 5.72. The molecule has 0 radical (unpaired) electrons. The van der Waals surface area contributed by atoms with Gasteiger partial charge < -0.3 is 14.7 Å². The van der Waals surface area contributed by atoms with Gasteiger partial charge >= 0.3 is 0 Å². The highest BCUT2D eigenvalue weighted by Crippen LogP contribution is 2.38. The Kier molecular flexibility index (Phi) is 6.16. The first-order valence-corrected chi connectivity index (χ1v) is 10.7. The molecule has 1 saturated carbocycles. The first-order chi connectivity index (χ1) is 15.0. The van der Waals surface area contributed by atoms with Gasteiger partial charge in [0.25, 0.3) is 5.91 Å². The molecule has 31 heavy (non-hydrogen) atoms. The summed E-state index contributed by atoms with van der Waals surface area (Å²) in [5.74, 6) is 1.31. The summed E-state index contributed by atoms with van der Waals surface area (Å²) in [5.41, 5.74) is 3.07. The fourth-order valence-corrected chi connectivity index (χ4v) is 3.64. The van der Waals surface area contributed by atoms with Crippen LogP contribution in [0.1, 0.15) is 35.9 Å². The Morgan fingerprint density at radius 1 is 1.13 bits per heavy atom. The van der Waals surface area contributed by atoms with Gasteiger partial charge in [-0.15, -0.1) is 0 Å². The molecule has 1 aromatic heterocycles. The smallest absolute Gasteiger partial charge is 0.253 e. The van der Waals surface area contributed by atoms with Crippen molar-refractivity contribution in [2.45, 2.75) is 26.2 Å². The Morgan fingerprint density at radius 2 is 1.90 bits per heavy atom. The van der Waals surface area contributed by atoms with Crippen molar-refractivity contribution in [1.82, 2.24) is 10.1 Å². The van der Waals surface area contributed by atoms with E-state index in [-0.39, 0.29) is 17.7 Å². The molecule has 0 saturated heterocycles. The molecule has 0 spiro atoms. The van der Waals surface area contributed by atoms with Crippen molar-refractivity contribution >= 4 is 17.5 Å². The summed E-state index contributed by atoms with van der Waals surface area (Å²) in [6.45, 7) is 2.66. The third kappa shape index (κ3) is 5.20. The topological polar surface area (TPSA) is 75.4 Å². The van der Waals surface area contributed by atoms with Crippen LogP contribution < -0.4 is 5.32 Å². The minimum absolute atomic E-state index is 0.0346. The van der Waals surface area contributed by atoms with Gasteiger partial charge in [0.05, 0.1) is 0 Å². The van der Waals surface area contributed by atoms with E-state index in [9.17, 15) is 9.59 Å². The predicted molar refractivity (Wildman–Crippen MR) is 120 cm³/mol. The zero-order valence-electron chi connectivity index (χ0n) is 17.9. The van der Waals surface area contributed by atoms with E-state index in [2.05, 4.69) is 17.4 Å². The molecule has 6 nitrogen and oxygen atoms in total. The Labute approximate surface area is 182 Å². The molecule has 2 amide bonds. The number of carbonyl (C=O) groups is 2. The highest BCUT2D eigenvalue weighted by atomic mass is 16.5. The molecule has 1 fully saturated rings. The molecule has 1 heterocycles. The van der Waals surface area contributed by atoms with Crippen molar-refractivity contribution in [3.8, 4) is 11.3 Å². The lowest BCUT2D eigenvalue weighted by atomic mass is 10.1. The quantitative estimate of drug-likeness (QED) is 0.579. The molecular weight excluding hydrogens is 390 g/mol. The molecule has 2 aromatic carbocycles. The van der Waals surface area contributed by atoms with E-state index in [0.29, 0.717) is 30.1 Å². The third-order valence-corrected chi connectivity index (χ3v) is 5.72. The summed E-state index contributed by atoms with van der Waals surface area (Å²) in [7, 11) is 1.79.